The second-order valence-electron chi connectivity index (χ2n) is 4.42. The first kappa shape index (κ1) is 12.1. The van der Waals surface area contributed by atoms with Crippen LogP contribution in [-0.2, 0) is 11.2 Å². The van der Waals surface area contributed by atoms with Gasteiger partial charge in [0.1, 0.15) is 0 Å². The molecule has 1 fully saturated rings. The highest BCUT2D eigenvalue weighted by Gasteiger charge is 2.30. The van der Waals surface area contributed by atoms with Crippen molar-refractivity contribution in [3.8, 4) is 0 Å². The number of thiophene rings is 1. The van der Waals surface area contributed by atoms with E-state index in [2.05, 4.69) is 15.9 Å². The Morgan fingerprint density at radius 3 is 2.75 bits per heavy atom. The lowest BCUT2D eigenvalue weighted by Gasteiger charge is -2.18. The van der Waals surface area contributed by atoms with E-state index in [-0.39, 0.29) is 5.92 Å². The monoisotopic (exact) mass is 302 g/mol. The van der Waals surface area contributed by atoms with E-state index in [0.717, 1.165) is 17.3 Å². The number of rotatable bonds is 4. The molecule has 0 bridgehead atoms. The molecule has 0 amide bonds. The quantitative estimate of drug-likeness (QED) is 0.914. The average molecular weight is 303 g/mol. The van der Waals surface area contributed by atoms with Gasteiger partial charge < -0.3 is 5.11 Å². The van der Waals surface area contributed by atoms with Gasteiger partial charge in [-0.25, -0.2) is 0 Å². The molecule has 0 spiro atoms. The molecule has 88 valence electrons. The summed E-state index contributed by atoms with van der Waals surface area (Å²) < 4.78 is 1.06. The number of carboxylic acid groups (broad SMARTS) is 1. The van der Waals surface area contributed by atoms with E-state index < -0.39 is 5.97 Å². The Hall–Kier alpha value is -0.350. The van der Waals surface area contributed by atoms with Crippen LogP contribution in [0.25, 0.3) is 0 Å². The molecule has 1 aliphatic carbocycles. The summed E-state index contributed by atoms with van der Waals surface area (Å²) in [5.74, 6) is -0.428. The molecular weight excluding hydrogens is 288 g/mol. The van der Waals surface area contributed by atoms with E-state index in [1.165, 1.54) is 17.7 Å². The maximum Gasteiger partial charge on any atom is 0.307 e. The molecule has 4 heteroatoms. The van der Waals surface area contributed by atoms with Gasteiger partial charge in [0.15, 0.2) is 0 Å². The number of halogens is 1. The fourth-order valence-electron chi connectivity index (χ4n) is 2.49. The highest BCUT2D eigenvalue weighted by Crippen LogP contribution is 2.34. The Balaban J connectivity index is 2.05. The normalized spacial score (nSPS) is 18.8. The topological polar surface area (TPSA) is 37.3 Å². The lowest BCUT2D eigenvalue weighted by Crippen LogP contribution is -2.23. The van der Waals surface area contributed by atoms with Gasteiger partial charge in [-0.2, -0.15) is 0 Å². The molecule has 0 saturated heterocycles. The van der Waals surface area contributed by atoms with Crippen LogP contribution in [-0.4, -0.2) is 11.1 Å². The van der Waals surface area contributed by atoms with Crippen molar-refractivity contribution in [3.05, 3.63) is 20.8 Å². The smallest absolute Gasteiger partial charge is 0.307 e. The van der Waals surface area contributed by atoms with Crippen molar-refractivity contribution >= 4 is 33.2 Å². The van der Waals surface area contributed by atoms with E-state index in [0.29, 0.717) is 12.3 Å². The van der Waals surface area contributed by atoms with Crippen LogP contribution in [0.5, 0.6) is 0 Å². The van der Waals surface area contributed by atoms with Gasteiger partial charge >= 0.3 is 5.97 Å². The van der Waals surface area contributed by atoms with Crippen LogP contribution in [0.15, 0.2) is 15.9 Å². The standard InChI is InChI=1S/C12H15BrO2S/c13-9-5-10(16-7-9)6-11(12(14)15)8-3-1-2-4-8/h5,7-8,11H,1-4,6H2,(H,14,15). The number of carbonyl (C=O) groups is 1. The van der Waals surface area contributed by atoms with Crippen molar-refractivity contribution in [2.75, 3.05) is 0 Å². The molecule has 1 aromatic rings. The fourth-order valence-corrected chi connectivity index (χ4v) is 4.00. The minimum atomic E-state index is -0.628. The zero-order valence-electron chi connectivity index (χ0n) is 8.99. The molecule has 2 nitrogen and oxygen atoms in total. The third-order valence-corrected chi connectivity index (χ3v) is 5.05. The third kappa shape index (κ3) is 2.86. The Bertz CT molecular complexity index is 369. The zero-order chi connectivity index (χ0) is 11.5. The molecule has 1 N–H and O–H groups in total. The van der Waals surface area contributed by atoms with Gasteiger partial charge in [-0.3, -0.25) is 4.79 Å². The van der Waals surface area contributed by atoms with Crippen molar-refractivity contribution in [1.29, 1.82) is 0 Å². The van der Waals surface area contributed by atoms with Crippen molar-refractivity contribution in [1.82, 2.24) is 0 Å². The van der Waals surface area contributed by atoms with E-state index in [1.807, 2.05) is 11.4 Å². The largest absolute Gasteiger partial charge is 0.481 e. The van der Waals surface area contributed by atoms with E-state index in [4.69, 9.17) is 0 Å². The van der Waals surface area contributed by atoms with Crippen LogP contribution in [0.2, 0.25) is 0 Å². The third-order valence-electron chi connectivity index (χ3n) is 3.33. The van der Waals surface area contributed by atoms with Crippen molar-refractivity contribution in [2.24, 2.45) is 11.8 Å². The van der Waals surface area contributed by atoms with Gasteiger partial charge in [0.05, 0.1) is 5.92 Å². The average Bonchev–Trinajstić information content (AvgIpc) is 2.84. The minimum absolute atomic E-state index is 0.187. The van der Waals surface area contributed by atoms with Crippen molar-refractivity contribution < 1.29 is 9.90 Å². The first-order chi connectivity index (χ1) is 7.66. The summed E-state index contributed by atoms with van der Waals surface area (Å²) in [5.41, 5.74) is 0. The number of hydrogen-bond donors (Lipinski definition) is 1. The molecule has 2 rings (SSSR count). The van der Waals surface area contributed by atoms with Crippen LogP contribution < -0.4 is 0 Å². The molecule has 0 aromatic carbocycles. The lowest BCUT2D eigenvalue weighted by atomic mass is 9.88. The molecule has 1 heterocycles. The summed E-state index contributed by atoms with van der Waals surface area (Å²) in [6.45, 7) is 0. The Morgan fingerprint density at radius 2 is 2.25 bits per heavy atom. The first-order valence-electron chi connectivity index (χ1n) is 5.62. The summed E-state index contributed by atoms with van der Waals surface area (Å²) >= 11 is 5.05. The van der Waals surface area contributed by atoms with E-state index in [9.17, 15) is 9.90 Å². The summed E-state index contributed by atoms with van der Waals surface area (Å²) in [4.78, 5) is 12.5. The molecule has 0 radical (unpaired) electrons. The second kappa shape index (κ2) is 5.32. The molecule has 1 unspecified atom stereocenters. The summed E-state index contributed by atoms with van der Waals surface area (Å²) in [6.07, 6.45) is 5.26. The van der Waals surface area contributed by atoms with Gasteiger partial charge in [-0.05, 0) is 47.2 Å². The molecule has 16 heavy (non-hydrogen) atoms. The highest BCUT2D eigenvalue weighted by molar-refractivity contribution is 9.10. The van der Waals surface area contributed by atoms with Crippen LogP contribution >= 0.6 is 27.3 Å². The summed E-state index contributed by atoms with van der Waals surface area (Å²) in [7, 11) is 0. The number of aliphatic carboxylic acids is 1. The Morgan fingerprint density at radius 1 is 1.56 bits per heavy atom. The Labute approximate surface area is 108 Å². The SMILES string of the molecule is O=C(O)C(Cc1cc(Br)cs1)C1CCCC1. The molecule has 1 aromatic heterocycles. The van der Waals surface area contributed by atoms with Crippen LogP contribution in [0.3, 0.4) is 0 Å². The maximum atomic E-state index is 11.3. The van der Waals surface area contributed by atoms with Crippen LogP contribution in [0.4, 0.5) is 0 Å². The predicted octanol–water partition coefficient (Wildman–Crippen LogP) is 3.94. The van der Waals surface area contributed by atoms with Gasteiger partial charge in [0.2, 0.25) is 0 Å². The second-order valence-corrected chi connectivity index (χ2v) is 6.34. The molecular formula is C12H15BrO2S. The number of hydrogen-bond acceptors (Lipinski definition) is 2. The van der Waals surface area contributed by atoms with Crippen LogP contribution in [0, 0.1) is 11.8 Å². The van der Waals surface area contributed by atoms with Crippen molar-refractivity contribution in [2.45, 2.75) is 32.1 Å². The molecule has 1 atom stereocenters. The maximum absolute atomic E-state index is 11.3. The van der Waals surface area contributed by atoms with Gasteiger partial charge in [-0.1, -0.05) is 12.8 Å². The van der Waals surface area contributed by atoms with E-state index in [1.54, 1.807) is 11.3 Å². The van der Waals surface area contributed by atoms with Gasteiger partial charge in [-0.15, -0.1) is 11.3 Å². The van der Waals surface area contributed by atoms with Crippen molar-refractivity contribution in [3.63, 3.8) is 0 Å². The zero-order valence-corrected chi connectivity index (χ0v) is 11.4. The molecule has 1 aliphatic rings. The highest BCUT2D eigenvalue weighted by atomic mass is 79.9. The van der Waals surface area contributed by atoms with E-state index >= 15 is 0 Å². The lowest BCUT2D eigenvalue weighted by molar-refractivity contribution is -0.143. The summed E-state index contributed by atoms with van der Waals surface area (Å²) in [5, 5.41) is 11.3. The Kier molecular flexibility index (Phi) is 4.03. The minimum Gasteiger partial charge on any atom is -0.481 e. The first-order valence-corrected chi connectivity index (χ1v) is 7.30. The summed E-state index contributed by atoms with van der Waals surface area (Å²) in [6, 6.07) is 2.04. The van der Waals surface area contributed by atoms with Gasteiger partial charge in [0.25, 0.3) is 0 Å². The number of carboxylic acids is 1. The van der Waals surface area contributed by atoms with Gasteiger partial charge in [0, 0.05) is 14.7 Å². The molecule has 1 saturated carbocycles. The van der Waals surface area contributed by atoms with Crippen LogP contribution in [0.1, 0.15) is 30.6 Å². The fraction of sp³-hybridized carbons (Fsp3) is 0.583. The predicted molar refractivity (Wildman–Crippen MR) is 68.8 cm³/mol. The molecule has 0 aliphatic heterocycles.